The predicted molar refractivity (Wildman–Crippen MR) is 77.4 cm³/mol. The molecule has 1 aliphatic heterocycles. The normalized spacial score (nSPS) is 19.5. The number of hydrogen-bond donors (Lipinski definition) is 0. The summed E-state index contributed by atoms with van der Waals surface area (Å²) in [6, 6.07) is 4.27. The average molecular weight is 324 g/mol. The van der Waals surface area contributed by atoms with Gasteiger partial charge in [0.2, 0.25) is 0 Å². The molecular formula is C15H18BrNO2. The van der Waals surface area contributed by atoms with Gasteiger partial charge in [0.25, 0.3) is 5.91 Å². The second-order valence-electron chi connectivity index (χ2n) is 5.38. The largest absolute Gasteiger partial charge is 0.493 e. The first-order valence-electron chi connectivity index (χ1n) is 6.88. The van der Waals surface area contributed by atoms with Crippen molar-refractivity contribution >= 4 is 21.8 Å². The van der Waals surface area contributed by atoms with Crippen LogP contribution in [0.4, 0.5) is 0 Å². The highest BCUT2D eigenvalue weighted by Gasteiger charge is 2.39. The third-order valence-electron chi connectivity index (χ3n) is 4.06. The maximum atomic E-state index is 12.6. The standard InChI is InChI=1S/C15H18BrNO2/c1-3-19-13-7-12(16)6-11-8-17(15(18)14(11)13)9(2)10-4-5-10/h6-7,9-10H,3-5,8H2,1-2H3. The quantitative estimate of drug-likeness (QED) is 0.847. The highest BCUT2D eigenvalue weighted by atomic mass is 79.9. The zero-order chi connectivity index (χ0) is 13.6. The molecule has 0 spiro atoms. The summed E-state index contributed by atoms with van der Waals surface area (Å²) in [7, 11) is 0. The third-order valence-corrected chi connectivity index (χ3v) is 4.52. The number of benzene rings is 1. The Hall–Kier alpha value is -1.03. The Morgan fingerprint density at radius 2 is 2.21 bits per heavy atom. The molecule has 0 aromatic heterocycles. The van der Waals surface area contributed by atoms with Crippen molar-refractivity contribution in [2.24, 2.45) is 5.92 Å². The molecule has 1 aromatic carbocycles. The van der Waals surface area contributed by atoms with Crippen molar-refractivity contribution in [2.75, 3.05) is 6.61 Å². The SMILES string of the molecule is CCOc1cc(Br)cc2c1C(=O)N(C(C)C1CC1)C2. The second kappa shape index (κ2) is 4.82. The molecule has 4 heteroatoms. The van der Waals surface area contributed by atoms with Crippen molar-refractivity contribution in [3.05, 3.63) is 27.7 Å². The molecule has 3 rings (SSSR count). The number of carbonyl (C=O) groups is 1. The minimum atomic E-state index is 0.130. The van der Waals surface area contributed by atoms with Gasteiger partial charge in [-0.05, 0) is 50.3 Å². The van der Waals surface area contributed by atoms with Crippen LogP contribution in [0.5, 0.6) is 5.75 Å². The molecule has 0 radical (unpaired) electrons. The molecule has 1 aromatic rings. The molecular weight excluding hydrogens is 306 g/mol. The third kappa shape index (κ3) is 2.27. The van der Waals surface area contributed by atoms with E-state index in [9.17, 15) is 4.79 Å². The topological polar surface area (TPSA) is 29.5 Å². The lowest BCUT2D eigenvalue weighted by Gasteiger charge is -2.24. The Labute approximate surface area is 122 Å². The Kier molecular flexibility index (Phi) is 3.29. The number of ether oxygens (including phenoxy) is 1. The Morgan fingerprint density at radius 1 is 1.47 bits per heavy atom. The van der Waals surface area contributed by atoms with E-state index >= 15 is 0 Å². The van der Waals surface area contributed by atoms with E-state index in [-0.39, 0.29) is 5.91 Å². The summed E-state index contributed by atoms with van der Waals surface area (Å²) in [4.78, 5) is 14.6. The van der Waals surface area contributed by atoms with Crippen LogP contribution < -0.4 is 4.74 Å². The molecule has 19 heavy (non-hydrogen) atoms. The number of carbonyl (C=O) groups excluding carboxylic acids is 1. The first-order valence-corrected chi connectivity index (χ1v) is 7.67. The molecule has 1 heterocycles. The smallest absolute Gasteiger partial charge is 0.258 e. The number of halogens is 1. The fourth-order valence-electron chi connectivity index (χ4n) is 2.83. The fourth-order valence-corrected chi connectivity index (χ4v) is 3.32. The maximum absolute atomic E-state index is 12.6. The van der Waals surface area contributed by atoms with E-state index in [0.29, 0.717) is 30.9 Å². The zero-order valence-electron chi connectivity index (χ0n) is 11.3. The molecule has 1 fully saturated rings. The number of amides is 1. The predicted octanol–water partition coefficient (Wildman–Crippen LogP) is 3.60. The van der Waals surface area contributed by atoms with Gasteiger partial charge in [-0.25, -0.2) is 0 Å². The number of hydrogen-bond acceptors (Lipinski definition) is 2. The average Bonchev–Trinajstić information content (AvgIpc) is 3.14. The molecule has 0 bridgehead atoms. The summed E-state index contributed by atoms with van der Waals surface area (Å²) in [5.74, 6) is 1.53. The second-order valence-corrected chi connectivity index (χ2v) is 6.30. The molecule has 1 atom stereocenters. The summed E-state index contributed by atoms with van der Waals surface area (Å²) in [5, 5.41) is 0. The van der Waals surface area contributed by atoms with Crippen LogP contribution in [-0.2, 0) is 6.54 Å². The van der Waals surface area contributed by atoms with E-state index in [1.165, 1.54) is 12.8 Å². The number of fused-ring (bicyclic) bond motifs is 1. The highest BCUT2D eigenvalue weighted by Crippen LogP contribution is 2.41. The number of nitrogens with zero attached hydrogens (tertiary/aromatic N) is 1. The minimum absolute atomic E-state index is 0.130. The van der Waals surface area contributed by atoms with Crippen LogP contribution in [0.3, 0.4) is 0 Å². The molecule has 102 valence electrons. The van der Waals surface area contributed by atoms with Crippen LogP contribution in [0.1, 0.15) is 42.6 Å². The van der Waals surface area contributed by atoms with Gasteiger partial charge >= 0.3 is 0 Å². The molecule has 0 N–H and O–H groups in total. The van der Waals surface area contributed by atoms with Crippen LogP contribution in [0.25, 0.3) is 0 Å². The Morgan fingerprint density at radius 3 is 2.84 bits per heavy atom. The first kappa shape index (κ1) is 13.0. The van der Waals surface area contributed by atoms with E-state index in [0.717, 1.165) is 15.6 Å². The van der Waals surface area contributed by atoms with Crippen molar-refractivity contribution in [1.29, 1.82) is 0 Å². The van der Waals surface area contributed by atoms with Crippen molar-refractivity contribution < 1.29 is 9.53 Å². The lowest BCUT2D eigenvalue weighted by atomic mass is 10.1. The minimum Gasteiger partial charge on any atom is -0.493 e. The van der Waals surface area contributed by atoms with E-state index in [4.69, 9.17) is 4.74 Å². The van der Waals surface area contributed by atoms with Gasteiger partial charge in [-0.3, -0.25) is 4.79 Å². The van der Waals surface area contributed by atoms with Crippen LogP contribution >= 0.6 is 15.9 Å². The Balaban J connectivity index is 1.95. The van der Waals surface area contributed by atoms with Gasteiger partial charge in [0.1, 0.15) is 5.75 Å². The van der Waals surface area contributed by atoms with Crippen molar-refractivity contribution in [2.45, 2.75) is 39.3 Å². The van der Waals surface area contributed by atoms with E-state index in [1.807, 2.05) is 24.0 Å². The van der Waals surface area contributed by atoms with Crippen molar-refractivity contribution in [1.82, 2.24) is 4.90 Å². The summed E-state index contributed by atoms with van der Waals surface area (Å²) in [6.07, 6.45) is 2.51. The molecule has 1 aliphatic carbocycles. The van der Waals surface area contributed by atoms with Gasteiger partial charge < -0.3 is 9.64 Å². The van der Waals surface area contributed by atoms with Crippen molar-refractivity contribution in [3.63, 3.8) is 0 Å². The van der Waals surface area contributed by atoms with Crippen LogP contribution in [0.15, 0.2) is 16.6 Å². The molecule has 0 saturated heterocycles. The molecule has 3 nitrogen and oxygen atoms in total. The lowest BCUT2D eigenvalue weighted by Crippen LogP contribution is -2.34. The fraction of sp³-hybridized carbons (Fsp3) is 0.533. The van der Waals surface area contributed by atoms with E-state index in [1.54, 1.807) is 0 Å². The van der Waals surface area contributed by atoms with Gasteiger partial charge in [-0.2, -0.15) is 0 Å². The summed E-state index contributed by atoms with van der Waals surface area (Å²) in [6.45, 7) is 5.40. The van der Waals surface area contributed by atoms with Crippen molar-refractivity contribution in [3.8, 4) is 5.75 Å². The monoisotopic (exact) mass is 323 g/mol. The Bertz CT molecular complexity index is 525. The van der Waals surface area contributed by atoms with E-state index < -0.39 is 0 Å². The lowest BCUT2D eigenvalue weighted by molar-refractivity contribution is 0.0694. The van der Waals surface area contributed by atoms with Crippen LogP contribution in [0, 0.1) is 5.92 Å². The highest BCUT2D eigenvalue weighted by molar-refractivity contribution is 9.10. The molecule has 1 unspecified atom stereocenters. The molecule has 1 saturated carbocycles. The summed E-state index contributed by atoms with van der Waals surface area (Å²) >= 11 is 3.49. The van der Waals surface area contributed by atoms with Crippen LogP contribution in [-0.4, -0.2) is 23.5 Å². The zero-order valence-corrected chi connectivity index (χ0v) is 12.9. The number of rotatable bonds is 4. The van der Waals surface area contributed by atoms with E-state index in [2.05, 4.69) is 22.9 Å². The maximum Gasteiger partial charge on any atom is 0.258 e. The van der Waals surface area contributed by atoms with Gasteiger partial charge in [-0.1, -0.05) is 15.9 Å². The van der Waals surface area contributed by atoms with Crippen LogP contribution in [0.2, 0.25) is 0 Å². The van der Waals surface area contributed by atoms with Gasteiger partial charge in [0.05, 0.1) is 12.2 Å². The first-order chi connectivity index (χ1) is 9.11. The van der Waals surface area contributed by atoms with Gasteiger partial charge in [-0.15, -0.1) is 0 Å². The summed E-state index contributed by atoms with van der Waals surface area (Å²) in [5.41, 5.74) is 1.84. The molecule has 1 amide bonds. The van der Waals surface area contributed by atoms with Gasteiger partial charge in [0, 0.05) is 17.1 Å². The molecule has 2 aliphatic rings. The van der Waals surface area contributed by atoms with Gasteiger partial charge in [0.15, 0.2) is 0 Å². The summed E-state index contributed by atoms with van der Waals surface area (Å²) < 4.78 is 6.60.